The summed E-state index contributed by atoms with van der Waals surface area (Å²) < 4.78 is 0. The second-order valence-electron chi connectivity index (χ2n) is 6.88. The van der Waals surface area contributed by atoms with E-state index in [1.165, 1.54) is 6.07 Å². The van der Waals surface area contributed by atoms with Crippen LogP contribution in [0.2, 0.25) is 0 Å². The molecule has 0 aromatic heterocycles. The van der Waals surface area contributed by atoms with E-state index in [2.05, 4.69) is 10.6 Å². The van der Waals surface area contributed by atoms with Crippen LogP contribution < -0.4 is 15.5 Å². The molecule has 2 aromatic rings. The first-order chi connectivity index (χ1) is 14.0. The van der Waals surface area contributed by atoms with Gasteiger partial charge in [0, 0.05) is 37.8 Å². The lowest BCUT2D eigenvalue weighted by Crippen LogP contribution is -2.35. The van der Waals surface area contributed by atoms with Gasteiger partial charge < -0.3 is 15.5 Å². The number of carbonyl (C=O) groups excluding carboxylic acids is 2. The number of nitrogens with zero attached hydrogens (tertiary/aromatic N) is 2. The first-order valence-corrected chi connectivity index (χ1v) is 9.64. The summed E-state index contributed by atoms with van der Waals surface area (Å²) in [5, 5.41) is 16.8. The van der Waals surface area contributed by atoms with Gasteiger partial charge in [-0.15, -0.1) is 0 Å². The van der Waals surface area contributed by atoms with Crippen LogP contribution in [-0.4, -0.2) is 36.4 Å². The van der Waals surface area contributed by atoms with Crippen molar-refractivity contribution in [2.75, 3.05) is 29.9 Å². The van der Waals surface area contributed by atoms with Crippen molar-refractivity contribution < 1.29 is 14.5 Å². The van der Waals surface area contributed by atoms with Gasteiger partial charge in [0.1, 0.15) is 5.69 Å². The molecule has 1 atom stereocenters. The van der Waals surface area contributed by atoms with Gasteiger partial charge in [-0.1, -0.05) is 37.3 Å². The van der Waals surface area contributed by atoms with E-state index >= 15 is 0 Å². The number of nitrogens with one attached hydrogen (secondary N) is 2. The molecule has 1 aliphatic rings. The lowest BCUT2D eigenvalue weighted by Gasteiger charge is -2.20. The van der Waals surface area contributed by atoms with Gasteiger partial charge in [-0.3, -0.25) is 19.7 Å². The zero-order valence-corrected chi connectivity index (χ0v) is 16.3. The molecule has 0 unspecified atom stereocenters. The van der Waals surface area contributed by atoms with Gasteiger partial charge in [-0.2, -0.15) is 0 Å². The Bertz CT molecular complexity index is 915. The summed E-state index contributed by atoms with van der Waals surface area (Å²) in [7, 11) is 0. The van der Waals surface area contributed by atoms with Crippen LogP contribution in [0.4, 0.5) is 17.1 Å². The van der Waals surface area contributed by atoms with Gasteiger partial charge in [-0.25, -0.2) is 0 Å². The lowest BCUT2D eigenvalue weighted by atomic mass is 10.1. The molecule has 1 fully saturated rings. The molecule has 1 heterocycles. The van der Waals surface area contributed by atoms with Gasteiger partial charge in [-0.05, 0) is 24.1 Å². The topological polar surface area (TPSA) is 105 Å². The maximum atomic E-state index is 12.5. The van der Waals surface area contributed by atoms with Crippen molar-refractivity contribution in [3.8, 4) is 0 Å². The van der Waals surface area contributed by atoms with Crippen LogP contribution in [-0.2, 0) is 16.0 Å². The summed E-state index contributed by atoms with van der Waals surface area (Å²) in [6.45, 7) is 3.05. The molecule has 0 aliphatic carbocycles. The molecule has 1 aliphatic heterocycles. The zero-order valence-electron chi connectivity index (χ0n) is 16.3. The SMILES string of the molecule is CCc1ccccc1N1C[C@@H](C(=O)NCCNc2ccccc2[N+](=O)[O-])CC1=O. The maximum Gasteiger partial charge on any atom is 0.292 e. The van der Waals surface area contributed by atoms with Gasteiger partial charge in [0.2, 0.25) is 11.8 Å². The molecule has 0 saturated carbocycles. The highest BCUT2D eigenvalue weighted by Crippen LogP contribution is 2.28. The Kier molecular flexibility index (Phi) is 6.43. The standard InChI is InChI=1S/C21H24N4O4/c1-2-15-7-3-5-9-18(15)24-14-16(13-20(24)26)21(27)23-12-11-22-17-8-4-6-10-19(17)25(28)29/h3-10,16,22H,2,11-14H2,1H3,(H,23,27)/t16-/m0/s1. The predicted molar refractivity (Wildman–Crippen MR) is 111 cm³/mol. The minimum Gasteiger partial charge on any atom is -0.378 e. The largest absolute Gasteiger partial charge is 0.378 e. The number of para-hydroxylation sites is 3. The molecule has 0 bridgehead atoms. The number of carbonyl (C=O) groups is 2. The summed E-state index contributed by atoms with van der Waals surface area (Å²) in [5.74, 6) is -0.637. The highest BCUT2D eigenvalue weighted by atomic mass is 16.6. The van der Waals surface area contributed by atoms with E-state index in [9.17, 15) is 19.7 Å². The Morgan fingerprint density at radius 1 is 1.17 bits per heavy atom. The number of aryl methyl sites for hydroxylation is 1. The number of nitro benzene ring substituents is 1. The van der Waals surface area contributed by atoms with Crippen LogP contribution in [0.25, 0.3) is 0 Å². The van der Waals surface area contributed by atoms with Crippen molar-refractivity contribution in [3.63, 3.8) is 0 Å². The number of hydrogen-bond acceptors (Lipinski definition) is 5. The van der Waals surface area contributed by atoms with E-state index in [1.54, 1.807) is 23.1 Å². The zero-order chi connectivity index (χ0) is 20.8. The average Bonchev–Trinajstić information content (AvgIpc) is 3.12. The molecule has 8 heteroatoms. The molecule has 2 amide bonds. The predicted octanol–water partition coefficient (Wildman–Crippen LogP) is 2.74. The van der Waals surface area contributed by atoms with Crippen molar-refractivity contribution in [2.24, 2.45) is 5.92 Å². The van der Waals surface area contributed by atoms with Crippen LogP contribution in [0.5, 0.6) is 0 Å². The van der Waals surface area contributed by atoms with Gasteiger partial charge >= 0.3 is 0 Å². The maximum absolute atomic E-state index is 12.5. The monoisotopic (exact) mass is 396 g/mol. The van der Waals surface area contributed by atoms with Crippen molar-refractivity contribution in [1.29, 1.82) is 0 Å². The summed E-state index contributed by atoms with van der Waals surface area (Å²) in [6, 6.07) is 14.1. The quantitative estimate of drug-likeness (QED) is 0.406. The van der Waals surface area contributed by atoms with E-state index in [-0.39, 0.29) is 23.9 Å². The third-order valence-corrected chi connectivity index (χ3v) is 5.00. The Hall–Kier alpha value is -3.42. The molecule has 29 heavy (non-hydrogen) atoms. The molecule has 8 nitrogen and oxygen atoms in total. The van der Waals surface area contributed by atoms with E-state index in [0.29, 0.717) is 25.3 Å². The van der Waals surface area contributed by atoms with Crippen molar-refractivity contribution in [3.05, 3.63) is 64.2 Å². The second kappa shape index (κ2) is 9.18. The Labute approximate surface area is 169 Å². The number of hydrogen-bond donors (Lipinski definition) is 2. The number of amides is 2. The molecule has 2 N–H and O–H groups in total. The normalized spacial score (nSPS) is 16.0. The average molecular weight is 396 g/mol. The van der Waals surface area contributed by atoms with Crippen molar-refractivity contribution in [1.82, 2.24) is 5.32 Å². The van der Waals surface area contributed by atoms with Gasteiger partial charge in [0.05, 0.1) is 10.8 Å². The second-order valence-corrected chi connectivity index (χ2v) is 6.88. The van der Waals surface area contributed by atoms with E-state index in [0.717, 1.165) is 17.7 Å². The minimum atomic E-state index is -0.451. The highest BCUT2D eigenvalue weighted by Gasteiger charge is 2.35. The molecule has 0 spiro atoms. The summed E-state index contributed by atoms with van der Waals surface area (Å²) in [6.07, 6.45) is 0.996. The third-order valence-electron chi connectivity index (χ3n) is 5.00. The number of benzene rings is 2. The first kappa shape index (κ1) is 20.3. The lowest BCUT2D eigenvalue weighted by molar-refractivity contribution is -0.384. The molecule has 3 rings (SSSR count). The van der Waals surface area contributed by atoms with E-state index in [4.69, 9.17) is 0 Å². The Balaban J connectivity index is 1.52. The van der Waals surface area contributed by atoms with Crippen LogP contribution in [0.3, 0.4) is 0 Å². The molecular weight excluding hydrogens is 372 g/mol. The van der Waals surface area contributed by atoms with Crippen LogP contribution in [0.1, 0.15) is 18.9 Å². The molecule has 2 aromatic carbocycles. The van der Waals surface area contributed by atoms with Gasteiger partial charge in [0.25, 0.3) is 5.69 Å². The summed E-state index contributed by atoms with van der Waals surface area (Å²) in [4.78, 5) is 37.2. The summed E-state index contributed by atoms with van der Waals surface area (Å²) >= 11 is 0. The summed E-state index contributed by atoms with van der Waals surface area (Å²) in [5.41, 5.74) is 2.35. The number of rotatable bonds is 8. The van der Waals surface area contributed by atoms with Crippen LogP contribution >= 0.6 is 0 Å². The number of nitro groups is 1. The van der Waals surface area contributed by atoms with E-state index in [1.807, 2.05) is 31.2 Å². The highest BCUT2D eigenvalue weighted by molar-refractivity contribution is 6.00. The molecular formula is C21H24N4O4. The molecule has 152 valence electrons. The molecule has 1 saturated heterocycles. The van der Waals surface area contributed by atoms with Crippen LogP contribution in [0, 0.1) is 16.0 Å². The first-order valence-electron chi connectivity index (χ1n) is 9.64. The fraction of sp³-hybridized carbons (Fsp3) is 0.333. The Morgan fingerprint density at radius 3 is 2.66 bits per heavy atom. The Morgan fingerprint density at radius 2 is 1.90 bits per heavy atom. The van der Waals surface area contributed by atoms with Crippen LogP contribution in [0.15, 0.2) is 48.5 Å². The smallest absolute Gasteiger partial charge is 0.292 e. The van der Waals surface area contributed by atoms with Crippen molar-refractivity contribution in [2.45, 2.75) is 19.8 Å². The third kappa shape index (κ3) is 4.71. The fourth-order valence-corrected chi connectivity index (χ4v) is 3.50. The minimum absolute atomic E-state index is 0.00884. The number of anilines is 2. The molecule has 0 radical (unpaired) electrons. The van der Waals surface area contributed by atoms with E-state index < -0.39 is 10.8 Å². The fourth-order valence-electron chi connectivity index (χ4n) is 3.50. The van der Waals surface area contributed by atoms with Crippen molar-refractivity contribution >= 4 is 28.9 Å². The van der Waals surface area contributed by atoms with Gasteiger partial charge in [0.15, 0.2) is 0 Å².